The van der Waals surface area contributed by atoms with E-state index < -0.39 is 6.04 Å². The molecule has 0 aromatic carbocycles. The summed E-state index contributed by atoms with van der Waals surface area (Å²) in [6, 6.07) is 9.27. The fourth-order valence-electron chi connectivity index (χ4n) is 2.88. The van der Waals surface area contributed by atoms with Crippen molar-refractivity contribution < 1.29 is 4.79 Å². The van der Waals surface area contributed by atoms with Crippen LogP contribution in [-0.4, -0.2) is 36.1 Å². The number of pyridine rings is 1. The lowest BCUT2D eigenvalue weighted by Crippen LogP contribution is -2.47. The molecule has 1 fully saturated rings. The van der Waals surface area contributed by atoms with E-state index in [1.807, 2.05) is 29.6 Å². The third-order valence-corrected chi connectivity index (χ3v) is 5.00. The molecule has 3 N–H and O–H groups in total. The fourth-order valence-corrected chi connectivity index (χ4v) is 3.65. The summed E-state index contributed by atoms with van der Waals surface area (Å²) in [6.07, 6.45) is 3.00. The predicted octanol–water partition coefficient (Wildman–Crippen LogP) is 1.28. The van der Waals surface area contributed by atoms with Crippen LogP contribution in [-0.2, 0) is 11.2 Å². The van der Waals surface area contributed by atoms with Gasteiger partial charge >= 0.3 is 0 Å². The summed E-state index contributed by atoms with van der Waals surface area (Å²) in [4.78, 5) is 19.6. The third kappa shape index (κ3) is 3.72. The molecule has 1 aliphatic rings. The lowest BCUT2D eigenvalue weighted by atomic mass is 10.1. The Labute approximate surface area is 144 Å². The number of thiophene rings is 1. The lowest BCUT2D eigenvalue weighted by Gasteiger charge is -2.20. The number of hydrogen-bond donors (Lipinski definition) is 2. The molecule has 2 aromatic heterocycles. The molecule has 0 radical (unpaired) electrons. The standard InChI is InChI=1S/C17H19N5OS/c18-10-15-16(4-1-6-20-15)22-7-5-12(11-22)21-17(23)14(19)9-13-3-2-8-24-13/h1-4,6,8,12,14H,5,7,9,11,19H2,(H,21,23)/t12-,14-/m0/s1. The van der Waals surface area contributed by atoms with Gasteiger partial charge in [-0.25, -0.2) is 4.98 Å². The molecule has 0 bridgehead atoms. The molecule has 7 heteroatoms. The summed E-state index contributed by atoms with van der Waals surface area (Å²) in [5, 5.41) is 14.2. The number of anilines is 1. The molecule has 3 rings (SSSR count). The zero-order chi connectivity index (χ0) is 16.9. The van der Waals surface area contributed by atoms with Crippen LogP contribution in [0.4, 0.5) is 5.69 Å². The maximum atomic E-state index is 12.3. The van der Waals surface area contributed by atoms with E-state index in [9.17, 15) is 4.79 Å². The Bertz CT molecular complexity index is 740. The molecular formula is C17H19N5OS. The number of nitrogens with zero attached hydrogens (tertiary/aromatic N) is 3. The average molecular weight is 341 g/mol. The second kappa shape index (κ2) is 7.43. The molecule has 3 heterocycles. The van der Waals surface area contributed by atoms with Crippen LogP contribution in [0.2, 0.25) is 0 Å². The summed E-state index contributed by atoms with van der Waals surface area (Å²) >= 11 is 1.61. The number of aromatic nitrogens is 1. The minimum absolute atomic E-state index is 0.0404. The first-order chi connectivity index (χ1) is 11.7. The predicted molar refractivity (Wildman–Crippen MR) is 93.7 cm³/mol. The molecule has 0 saturated carbocycles. The van der Waals surface area contributed by atoms with E-state index in [4.69, 9.17) is 11.0 Å². The average Bonchev–Trinajstić information content (AvgIpc) is 3.26. The Morgan fingerprint density at radius 2 is 2.42 bits per heavy atom. The highest BCUT2D eigenvalue weighted by Gasteiger charge is 2.27. The van der Waals surface area contributed by atoms with Crippen LogP contribution in [0.25, 0.3) is 0 Å². The number of amides is 1. The number of carbonyl (C=O) groups excluding carboxylic acids is 1. The molecule has 2 atom stereocenters. The Kier molecular flexibility index (Phi) is 5.08. The highest BCUT2D eigenvalue weighted by Crippen LogP contribution is 2.22. The normalized spacial score (nSPS) is 18.2. The smallest absolute Gasteiger partial charge is 0.237 e. The van der Waals surface area contributed by atoms with E-state index in [2.05, 4.69) is 21.3 Å². The van der Waals surface area contributed by atoms with Gasteiger partial charge in [0.05, 0.1) is 11.7 Å². The summed E-state index contributed by atoms with van der Waals surface area (Å²) in [5.41, 5.74) is 7.24. The minimum atomic E-state index is -0.536. The Morgan fingerprint density at radius 1 is 1.54 bits per heavy atom. The maximum absolute atomic E-state index is 12.3. The van der Waals surface area contributed by atoms with Gasteiger partial charge in [0.25, 0.3) is 0 Å². The summed E-state index contributed by atoms with van der Waals surface area (Å²) in [5.74, 6) is -0.123. The summed E-state index contributed by atoms with van der Waals surface area (Å²) < 4.78 is 0. The molecule has 2 aromatic rings. The molecule has 0 unspecified atom stereocenters. The summed E-state index contributed by atoms with van der Waals surface area (Å²) in [7, 11) is 0. The molecule has 1 aliphatic heterocycles. The van der Waals surface area contributed by atoms with Crippen molar-refractivity contribution in [3.05, 3.63) is 46.4 Å². The SMILES string of the molecule is N#Cc1ncccc1N1CC[C@H](NC(=O)[C@@H](N)Cc2cccs2)C1. The first kappa shape index (κ1) is 16.4. The molecule has 1 amide bonds. The van der Waals surface area contributed by atoms with E-state index in [-0.39, 0.29) is 11.9 Å². The quantitative estimate of drug-likeness (QED) is 0.854. The van der Waals surface area contributed by atoms with E-state index in [1.54, 1.807) is 17.5 Å². The lowest BCUT2D eigenvalue weighted by molar-refractivity contribution is -0.122. The largest absolute Gasteiger partial charge is 0.367 e. The van der Waals surface area contributed by atoms with E-state index >= 15 is 0 Å². The van der Waals surface area contributed by atoms with Gasteiger partial charge in [0, 0.05) is 36.6 Å². The van der Waals surface area contributed by atoms with Gasteiger partial charge in [-0.15, -0.1) is 11.3 Å². The second-order valence-electron chi connectivity index (χ2n) is 5.81. The van der Waals surface area contributed by atoms with Gasteiger partial charge < -0.3 is 16.0 Å². The number of nitrogens with two attached hydrogens (primary N) is 1. The molecular weight excluding hydrogens is 322 g/mol. The second-order valence-corrected chi connectivity index (χ2v) is 6.85. The van der Waals surface area contributed by atoms with Gasteiger partial charge in [-0.05, 0) is 30.0 Å². The Morgan fingerprint density at radius 3 is 3.17 bits per heavy atom. The summed E-state index contributed by atoms with van der Waals surface area (Å²) in [6.45, 7) is 1.45. The monoisotopic (exact) mass is 341 g/mol. The molecule has 6 nitrogen and oxygen atoms in total. The van der Waals surface area contributed by atoms with Gasteiger partial charge in [0.1, 0.15) is 6.07 Å². The van der Waals surface area contributed by atoms with Crippen molar-refractivity contribution in [1.82, 2.24) is 10.3 Å². The van der Waals surface area contributed by atoms with Crippen molar-refractivity contribution in [2.24, 2.45) is 5.73 Å². The van der Waals surface area contributed by atoms with Crippen molar-refractivity contribution in [2.75, 3.05) is 18.0 Å². The molecule has 0 aliphatic carbocycles. The van der Waals surface area contributed by atoms with Crippen LogP contribution in [0.1, 0.15) is 17.0 Å². The van der Waals surface area contributed by atoms with Crippen LogP contribution in [0.15, 0.2) is 35.8 Å². The number of carbonyl (C=O) groups is 1. The highest BCUT2D eigenvalue weighted by atomic mass is 32.1. The zero-order valence-corrected chi connectivity index (χ0v) is 14.0. The fraction of sp³-hybridized carbons (Fsp3) is 0.353. The minimum Gasteiger partial charge on any atom is -0.367 e. The first-order valence-corrected chi connectivity index (χ1v) is 8.73. The number of rotatable bonds is 5. The maximum Gasteiger partial charge on any atom is 0.237 e. The van der Waals surface area contributed by atoms with Crippen molar-refractivity contribution in [2.45, 2.75) is 24.9 Å². The molecule has 124 valence electrons. The Balaban J connectivity index is 1.56. The molecule has 0 spiro atoms. The molecule has 24 heavy (non-hydrogen) atoms. The van der Waals surface area contributed by atoms with E-state index in [0.717, 1.165) is 23.5 Å². The highest BCUT2D eigenvalue weighted by molar-refractivity contribution is 7.09. The topological polar surface area (TPSA) is 95.0 Å². The van der Waals surface area contributed by atoms with Gasteiger partial charge in [-0.1, -0.05) is 6.07 Å². The zero-order valence-electron chi connectivity index (χ0n) is 13.2. The number of hydrogen-bond acceptors (Lipinski definition) is 6. The van der Waals surface area contributed by atoms with Gasteiger partial charge in [-0.2, -0.15) is 5.26 Å². The number of nitriles is 1. The molecule has 1 saturated heterocycles. The number of nitrogens with one attached hydrogen (secondary N) is 1. The van der Waals surface area contributed by atoms with Crippen LogP contribution in [0.5, 0.6) is 0 Å². The third-order valence-electron chi connectivity index (χ3n) is 4.11. The van der Waals surface area contributed by atoms with Gasteiger partial charge in [0.15, 0.2) is 5.69 Å². The van der Waals surface area contributed by atoms with Gasteiger partial charge in [0.2, 0.25) is 5.91 Å². The van der Waals surface area contributed by atoms with Crippen molar-refractivity contribution >= 4 is 22.9 Å². The van der Waals surface area contributed by atoms with E-state index in [0.29, 0.717) is 18.7 Å². The van der Waals surface area contributed by atoms with Crippen LogP contribution in [0.3, 0.4) is 0 Å². The van der Waals surface area contributed by atoms with Gasteiger partial charge in [-0.3, -0.25) is 4.79 Å². The van der Waals surface area contributed by atoms with Crippen molar-refractivity contribution in [3.63, 3.8) is 0 Å². The van der Waals surface area contributed by atoms with Crippen LogP contribution in [0, 0.1) is 11.3 Å². The van der Waals surface area contributed by atoms with Crippen LogP contribution >= 0.6 is 11.3 Å². The van der Waals surface area contributed by atoms with Crippen LogP contribution < -0.4 is 16.0 Å². The first-order valence-electron chi connectivity index (χ1n) is 7.86. The van der Waals surface area contributed by atoms with Crippen molar-refractivity contribution in [1.29, 1.82) is 5.26 Å². The van der Waals surface area contributed by atoms with Crippen molar-refractivity contribution in [3.8, 4) is 6.07 Å². The van der Waals surface area contributed by atoms with E-state index in [1.165, 1.54) is 0 Å². The Hall–Kier alpha value is -2.43.